The molecule has 0 aliphatic carbocycles. The number of benzene rings is 1. The molecule has 0 saturated carbocycles. The van der Waals surface area contributed by atoms with Gasteiger partial charge in [0.2, 0.25) is 0 Å². The first-order chi connectivity index (χ1) is 9.94. The molecule has 108 valence electrons. The van der Waals surface area contributed by atoms with Crippen molar-refractivity contribution in [3.05, 3.63) is 58.4 Å². The minimum absolute atomic E-state index is 0.319. The van der Waals surface area contributed by atoms with Crippen LogP contribution < -0.4 is 5.32 Å². The lowest BCUT2D eigenvalue weighted by Gasteiger charge is -2.06. The lowest BCUT2D eigenvalue weighted by Crippen LogP contribution is -2.12. The zero-order chi connectivity index (χ0) is 15.4. The Hall–Kier alpha value is -2.53. The summed E-state index contributed by atoms with van der Waals surface area (Å²) in [5.74, 6) is -1.34. The molecule has 21 heavy (non-hydrogen) atoms. The lowest BCUT2D eigenvalue weighted by atomic mass is 10.1. The van der Waals surface area contributed by atoms with E-state index in [1.807, 2.05) is 13.0 Å². The molecule has 5 nitrogen and oxygen atoms in total. The maximum absolute atomic E-state index is 12.0. The minimum atomic E-state index is -1.02. The predicted octanol–water partition coefficient (Wildman–Crippen LogP) is 3.33. The maximum atomic E-state index is 12.0. The first-order valence-corrected chi connectivity index (χ1v) is 6.50. The highest BCUT2D eigenvalue weighted by Crippen LogP contribution is 2.17. The smallest absolute Gasteiger partial charge is 0.328 e. The van der Waals surface area contributed by atoms with E-state index in [1.54, 1.807) is 12.1 Å². The molecule has 0 unspecified atom stereocenters. The number of nitrogens with one attached hydrogen (secondary N) is 2. The van der Waals surface area contributed by atoms with Crippen LogP contribution in [0.15, 0.2) is 36.5 Å². The van der Waals surface area contributed by atoms with Crippen LogP contribution in [-0.2, 0) is 4.79 Å². The first-order valence-electron chi connectivity index (χ1n) is 6.12. The Kier molecular flexibility index (Phi) is 4.45. The van der Waals surface area contributed by atoms with Gasteiger partial charge in [-0.25, -0.2) is 4.79 Å². The van der Waals surface area contributed by atoms with E-state index in [0.717, 1.165) is 11.6 Å². The molecule has 1 amide bonds. The maximum Gasteiger partial charge on any atom is 0.328 e. The SMILES string of the molecule is Cc1cc(/C=C/C(=O)O)cc(NC(=O)c2cc(Cl)c[nH]2)c1. The summed E-state index contributed by atoms with van der Waals surface area (Å²) in [6.45, 7) is 1.86. The highest BCUT2D eigenvalue weighted by Gasteiger charge is 2.09. The van der Waals surface area contributed by atoms with E-state index < -0.39 is 5.97 Å². The monoisotopic (exact) mass is 304 g/mol. The van der Waals surface area contributed by atoms with Crippen molar-refractivity contribution < 1.29 is 14.7 Å². The number of aromatic amines is 1. The molecule has 2 aromatic rings. The van der Waals surface area contributed by atoms with Crippen molar-refractivity contribution in [1.29, 1.82) is 0 Å². The molecule has 1 heterocycles. The van der Waals surface area contributed by atoms with Gasteiger partial charge in [0.15, 0.2) is 0 Å². The number of hydrogen-bond acceptors (Lipinski definition) is 2. The van der Waals surface area contributed by atoms with E-state index in [-0.39, 0.29) is 5.91 Å². The summed E-state index contributed by atoms with van der Waals surface area (Å²) in [6, 6.07) is 6.83. The van der Waals surface area contributed by atoms with Crippen LogP contribution in [-0.4, -0.2) is 22.0 Å². The van der Waals surface area contributed by atoms with Crippen LogP contribution in [0.3, 0.4) is 0 Å². The summed E-state index contributed by atoms with van der Waals surface area (Å²) in [6.07, 6.45) is 4.04. The zero-order valence-electron chi connectivity index (χ0n) is 11.2. The predicted molar refractivity (Wildman–Crippen MR) is 81.6 cm³/mol. The molecule has 0 atom stereocenters. The Balaban J connectivity index is 2.20. The molecule has 0 saturated heterocycles. The van der Waals surface area contributed by atoms with Gasteiger partial charge in [0.1, 0.15) is 5.69 Å². The highest BCUT2D eigenvalue weighted by molar-refractivity contribution is 6.31. The third-order valence-corrected chi connectivity index (χ3v) is 2.89. The van der Waals surface area contributed by atoms with Gasteiger partial charge in [-0.15, -0.1) is 0 Å². The van der Waals surface area contributed by atoms with Gasteiger partial charge in [0, 0.05) is 18.0 Å². The molecule has 0 aliphatic rings. The molecule has 6 heteroatoms. The number of carbonyl (C=O) groups excluding carboxylic acids is 1. The topological polar surface area (TPSA) is 82.2 Å². The summed E-state index contributed by atoms with van der Waals surface area (Å²) in [4.78, 5) is 25.3. The molecule has 0 bridgehead atoms. The molecule has 0 fully saturated rings. The van der Waals surface area contributed by atoms with Crippen molar-refractivity contribution in [2.75, 3.05) is 5.32 Å². The number of amides is 1. The highest BCUT2D eigenvalue weighted by atomic mass is 35.5. The molecule has 3 N–H and O–H groups in total. The van der Waals surface area contributed by atoms with Crippen molar-refractivity contribution in [1.82, 2.24) is 4.98 Å². The number of carbonyl (C=O) groups is 2. The second kappa shape index (κ2) is 6.28. The van der Waals surface area contributed by atoms with Crippen molar-refractivity contribution in [2.45, 2.75) is 6.92 Å². The zero-order valence-corrected chi connectivity index (χ0v) is 11.9. The Bertz CT molecular complexity index is 719. The van der Waals surface area contributed by atoms with E-state index in [9.17, 15) is 9.59 Å². The Morgan fingerprint density at radius 3 is 2.67 bits per heavy atom. The van der Waals surface area contributed by atoms with Gasteiger partial charge in [-0.3, -0.25) is 4.79 Å². The van der Waals surface area contributed by atoms with Crippen LogP contribution in [0.5, 0.6) is 0 Å². The summed E-state index contributed by atoms with van der Waals surface area (Å²) in [5, 5.41) is 11.8. The van der Waals surface area contributed by atoms with Gasteiger partial charge in [0.25, 0.3) is 5.91 Å². The average molecular weight is 305 g/mol. The second-order valence-electron chi connectivity index (χ2n) is 4.49. The first kappa shape index (κ1) is 14.9. The third-order valence-electron chi connectivity index (χ3n) is 2.67. The number of rotatable bonds is 4. The Morgan fingerprint density at radius 2 is 2.05 bits per heavy atom. The van der Waals surface area contributed by atoms with Crippen molar-refractivity contribution >= 4 is 35.2 Å². The average Bonchev–Trinajstić information content (AvgIpc) is 2.82. The standard InChI is InChI=1S/C15H13ClN2O3/c1-9-4-10(2-3-14(19)20)6-12(5-9)18-15(21)13-7-11(16)8-17-13/h2-8,17H,1H3,(H,18,21)(H,19,20)/b3-2+. The van der Waals surface area contributed by atoms with E-state index >= 15 is 0 Å². The molecule has 1 aromatic heterocycles. The number of aromatic nitrogens is 1. The fourth-order valence-corrected chi connectivity index (χ4v) is 2.01. The van der Waals surface area contributed by atoms with Crippen molar-refractivity contribution in [2.24, 2.45) is 0 Å². The normalized spacial score (nSPS) is 10.8. The summed E-state index contributed by atoms with van der Waals surface area (Å²) >= 11 is 5.75. The summed E-state index contributed by atoms with van der Waals surface area (Å²) in [5.41, 5.74) is 2.53. The molecule has 0 radical (unpaired) electrons. The van der Waals surface area contributed by atoms with Crippen LogP contribution >= 0.6 is 11.6 Å². The number of carboxylic acids is 1. The number of anilines is 1. The number of hydrogen-bond donors (Lipinski definition) is 3. The van der Waals surface area contributed by atoms with Gasteiger partial charge < -0.3 is 15.4 Å². The van der Waals surface area contributed by atoms with Gasteiger partial charge in [-0.05, 0) is 42.3 Å². The van der Waals surface area contributed by atoms with E-state index in [1.165, 1.54) is 18.3 Å². The van der Waals surface area contributed by atoms with Crippen molar-refractivity contribution in [3.63, 3.8) is 0 Å². The molecule has 0 spiro atoms. The fourth-order valence-electron chi connectivity index (χ4n) is 1.85. The number of carboxylic acid groups (broad SMARTS) is 1. The van der Waals surface area contributed by atoms with E-state index in [0.29, 0.717) is 22.0 Å². The van der Waals surface area contributed by atoms with Crippen LogP contribution in [0, 0.1) is 6.92 Å². The van der Waals surface area contributed by atoms with Gasteiger partial charge >= 0.3 is 5.97 Å². The number of H-pyrrole nitrogens is 1. The lowest BCUT2D eigenvalue weighted by molar-refractivity contribution is -0.131. The molecule has 0 aliphatic heterocycles. The molecule has 1 aromatic carbocycles. The minimum Gasteiger partial charge on any atom is -0.478 e. The van der Waals surface area contributed by atoms with E-state index in [2.05, 4.69) is 10.3 Å². The number of aryl methyl sites for hydroxylation is 1. The number of halogens is 1. The third kappa shape index (κ3) is 4.22. The van der Waals surface area contributed by atoms with Gasteiger partial charge in [-0.1, -0.05) is 17.7 Å². The largest absolute Gasteiger partial charge is 0.478 e. The molecule has 2 rings (SSSR count). The van der Waals surface area contributed by atoms with E-state index in [4.69, 9.17) is 16.7 Å². The quantitative estimate of drug-likeness (QED) is 0.758. The second-order valence-corrected chi connectivity index (χ2v) is 4.93. The van der Waals surface area contributed by atoms with Gasteiger partial charge in [0.05, 0.1) is 5.02 Å². The fraction of sp³-hybridized carbons (Fsp3) is 0.0667. The summed E-state index contributed by atoms with van der Waals surface area (Å²) < 4.78 is 0. The van der Waals surface area contributed by atoms with Crippen LogP contribution in [0.25, 0.3) is 6.08 Å². The van der Waals surface area contributed by atoms with Crippen LogP contribution in [0.2, 0.25) is 5.02 Å². The summed E-state index contributed by atoms with van der Waals surface area (Å²) in [7, 11) is 0. The molecular weight excluding hydrogens is 292 g/mol. The van der Waals surface area contributed by atoms with Gasteiger partial charge in [-0.2, -0.15) is 0 Å². The molecular formula is C15H13ClN2O3. The number of aliphatic carboxylic acids is 1. The van der Waals surface area contributed by atoms with Crippen LogP contribution in [0.1, 0.15) is 21.6 Å². The Morgan fingerprint density at radius 1 is 1.29 bits per heavy atom. The van der Waals surface area contributed by atoms with Crippen molar-refractivity contribution in [3.8, 4) is 0 Å². The van der Waals surface area contributed by atoms with Crippen LogP contribution in [0.4, 0.5) is 5.69 Å². The Labute approximate surface area is 126 Å².